The second kappa shape index (κ2) is 3.70. The van der Waals surface area contributed by atoms with Crippen LogP contribution >= 0.6 is 11.6 Å². The van der Waals surface area contributed by atoms with Gasteiger partial charge in [-0.2, -0.15) is 0 Å². The molecule has 0 aromatic heterocycles. The molecule has 1 spiro atoms. The van der Waals surface area contributed by atoms with Gasteiger partial charge >= 0.3 is 0 Å². The summed E-state index contributed by atoms with van der Waals surface area (Å²) in [6, 6.07) is 0.348. The average molecular weight is 217 g/mol. The van der Waals surface area contributed by atoms with Crippen molar-refractivity contribution in [2.24, 2.45) is 11.1 Å². The van der Waals surface area contributed by atoms with Gasteiger partial charge in [0.05, 0.1) is 0 Å². The third-order valence-electron chi connectivity index (χ3n) is 3.65. The Morgan fingerprint density at radius 1 is 1.57 bits per heavy atom. The summed E-state index contributed by atoms with van der Waals surface area (Å²) < 4.78 is 0. The van der Waals surface area contributed by atoms with Gasteiger partial charge in [-0.3, -0.25) is 4.79 Å². The molecule has 0 aromatic rings. The van der Waals surface area contributed by atoms with Gasteiger partial charge in [-0.25, -0.2) is 0 Å². The molecule has 14 heavy (non-hydrogen) atoms. The summed E-state index contributed by atoms with van der Waals surface area (Å²) in [6.07, 6.45) is 4.49. The lowest BCUT2D eigenvalue weighted by Crippen LogP contribution is -2.32. The van der Waals surface area contributed by atoms with Crippen LogP contribution in [0.5, 0.6) is 0 Å². The highest BCUT2D eigenvalue weighted by Crippen LogP contribution is 2.44. The van der Waals surface area contributed by atoms with Crippen molar-refractivity contribution in [2.75, 3.05) is 19.0 Å². The minimum atomic E-state index is 0.0732. The largest absolute Gasteiger partial charge is 0.341 e. The monoisotopic (exact) mass is 216 g/mol. The first-order chi connectivity index (χ1) is 6.65. The molecular formula is C10H17ClN2O. The van der Waals surface area contributed by atoms with E-state index in [9.17, 15) is 4.79 Å². The smallest absolute Gasteiger partial charge is 0.237 e. The van der Waals surface area contributed by atoms with Crippen LogP contribution < -0.4 is 5.73 Å². The number of amides is 1. The molecule has 1 saturated carbocycles. The molecule has 1 amide bonds. The topological polar surface area (TPSA) is 46.3 Å². The fourth-order valence-corrected chi connectivity index (χ4v) is 3.02. The van der Waals surface area contributed by atoms with Crippen molar-refractivity contribution in [3.63, 3.8) is 0 Å². The van der Waals surface area contributed by atoms with E-state index >= 15 is 0 Å². The highest BCUT2D eigenvalue weighted by atomic mass is 35.5. The van der Waals surface area contributed by atoms with Gasteiger partial charge in [0, 0.05) is 19.1 Å². The molecule has 0 aromatic carbocycles. The minimum absolute atomic E-state index is 0.0732. The first kappa shape index (κ1) is 10.2. The van der Waals surface area contributed by atoms with Gasteiger partial charge in [-0.1, -0.05) is 0 Å². The predicted molar refractivity (Wildman–Crippen MR) is 56.2 cm³/mol. The Kier molecular flexibility index (Phi) is 2.71. The molecule has 3 nitrogen and oxygen atoms in total. The zero-order valence-electron chi connectivity index (χ0n) is 8.34. The van der Waals surface area contributed by atoms with Crippen molar-refractivity contribution < 1.29 is 4.79 Å². The number of hydrogen-bond donors (Lipinski definition) is 1. The molecule has 0 unspecified atom stereocenters. The van der Waals surface area contributed by atoms with E-state index in [1.54, 1.807) is 0 Å². The van der Waals surface area contributed by atoms with E-state index in [0.717, 1.165) is 32.4 Å². The summed E-state index contributed by atoms with van der Waals surface area (Å²) in [4.78, 5) is 13.3. The van der Waals surface area contributed by atoms with E-state index in [4.69, 9.17) is 17.3 Å². The lowest BCUT2D eigenvalue weighted by Gasteiger charge is -2.23. The molecule has 1 aliphatic heterocycles. The summed E-state index contributed by atoms with van der Waals surface area (Å²) in [5.41, 5.74) is 6.25. The molecule has 2 fully saturated rings. The van der Waals surface area contributed by atoms with Gasteiger partial charge < -0.3 is 10.6 Å². The van der Waals surface area contributed by atoms with Gasteiger partial charge in [-0.15, -0.1) is 11.6 Å². The molecule has 80 valence electrons. The maximum Gasteiger partial charge on any atom is 0.237 e. The SMILES string of the molecule is N[C@H]1CC[C@]2(CCN(C(=O)CCl)C2)C1. The number of hydrogen-bond acceptors (Lipinski definition) is 2. The molecule has 1 aliphatic carbocycles. The van der Waals surface area contributed by atoms with Gasteiger partial charge in [0.15, 0.2) is 0 Å². The van der Waals surface area contributed by atoms with Crippen LogP contribution in [-0.2, 0) is 4.79 Å². The van der Waals surface area contributed by atoms with Crippen molar-refractivity contribution in [1.82, 2.24) is 4.90 Å². The number of likely N-dealkylation sites (tertiary alicyclic amines) is 1. The van der Waals surface area contributed by atoms with Crippen LogP contribution in [0.25, 0.3) is 0 Å². The fourth-order valence-electron chi connectivity index (χ4n) is 2.86. The summed E-state index contributed by atoms with van der Waals surface area (Å²) in [7, 11) is 0. The quantitative estimate of drug-likeness (QED) is 0.664. The lowest BCUT2D eigenvalue weighted by atomic mass is 9.85. The van der Waals surface area contributed by atoms with Crippen molar-refractivity contribution in [3.05, 3.63) is 0 Å². The number of nitrogens with zero attached hydrogens (tertiary/aromatic N) is 1. The number of alkyl halides is 1. The number of rotatable bonds is 1. The third-order valence-corrected chi connectivity index (χ3v) is 3.87. The van der Waals surface area contributed by atoms with E-state index in [1.165, 1.54) is 6.42 Å². The van der Waals surface area contributed by atoms with Gasteiger partial charge in [0.1, 0.15) is 5.88 Å². The van der Waals surface area contributed by atoms with Crippen LogP contribution in [0.15, 0.2) is 0 Å². The number of carbonyl (C=O) groups excluding carboxylic acids is 1. The van der Waals surface area contributed by atoms with Crippen molar-refractivity contribution in [2.45, 2.75) is 31.7 Å². The normalized spacial score (nSPS) is 37.0. The van der Waals surface area contributed by atoms with Crippen LogP contribution in [0.3, 0.4) is 0 Å². The molecule has 1 saturated heterocycles. The lowest BCUT2D eigenvalue weighted by molar-refractivity contribution is -0.127. The maximum absolute atomic E-state index is 11.4. The van der Waals surface area contributed by atoms with Crippen molar-refractivity contribution >= 4 is 17.5 Å². The molecule has 2 N–H and O–H groups in total. The summed E-state index contributed by atoms with van der Waals surface area (Å²) in [5.74, 6) is 0.186. The van der Waals surface area contributed by atoms with E-state index in [1.807, 2.05) is 4.90 Å². The van der Waals surface area contributed by atoms with Crippen LogP contribution in [0.2, 0.25) is 0 Å². The molecular weight excluding hydrogens is 200 g/mol. The number of carbonyl (C=O) groups is 1. The van der Waals surface area contributed by atoms with Crippen molar-refractivity contribution in [1.29, 1.82) is 0 Å². The zero-order chi connectivity index (χ0) is 10.2. The molecule has 1 heterocycles. The Morgan fingerprint density at radius 2 is 2.36 bits per heavy atom. The van der Waals surface area contributed by atoms with Crippen LogP contribution in [0.4, 0.5) is 0 Å². The van der Waals surface area contributed by atoms with Crippen LogP contribution in [0, 0.1) is 5.41 Å². The summed E-state index contributed by atoms with van der Waals surface area (Å²) >= 11 is 5.54. The van der Waals surface area contributed by atoms with Crippen molar-refractivity contribution in [3.8, 4) is 0 Å². The third kappa shape index (κ3) is 1.75. The van der Waals surface area contributed by atoms with Gasteiger partial charge in [0.2, 0.25) is 5.91 Å². The highest BCUT2D eigenvalue weighted by Gasteiger charge is 2.43. The Hall–Kier alpha value is -0.280. The first-order valence-corrected chi connectivity index (χ1v) is 5.78. The van der Waals surface area contributed by atoms with Gasteiger partial charge in [0.25, 0.3) is 0 Å². The molecule has 2 aliphatic rings. The second-order valence-corrected chi connectivity index (χ2v) is 4.97. The van der Waals surface area contributed by atoms with E-state index in [0.29, 0.717) is 11.5 Å². The number of nitrogens with two attached hydrogens (primary N) is 1. The Morgan fingerprint density at radius 3 is 2.93 bits per heavy atom. The van der Waals surface area contributed by atoms with E-state index in [2.05, 4.69) is 0 Å². The zero-order valence-corrected chi connectivity index (χ0v) is 9.09. The number of halogens is 1. The Balaban J connectivity index is 1.97. The molecule has 2 rings (SSSR count). The molecule has 4 heteroatoms. The Labute approximate surface area is 89.6 Å². The summed E-state index contributed by atoms with van der Waals surface area (Å²) in [5, 5.41) is 0. The minimum Gasteiger partial charge on any atom is -0.341 e. The summed E-state index contributed by atoms with van der Waals surface area (Å²) in [6.45, 7) is 1.75. The van der Waals surface area contributed by atoms with Gasteiger partial charge in [-0.05, 0) is 31.1 Å². The molecule has 0 bridgehead atoms. The second-order valence-electron chi connectivity index (χ2n) is 4.70. The molecule has 0 radical (unpaired) electrons. The Bertz CT molecular complexity index is 246. The predicted octanol–water partition coefficient (Wildman–Crippen LogP) is 0.955. The molecule has 2 atom stereocenters. The highest BCUT2D eigenvalue weighted by molar-refractivity contribution is 6.27. The standard InChI is InChI=1S/C10H17ClN2O/c11-6-9(14)13-4-3-10(7-13)2-1-8(12)5-10/h8H,1-7,12H2/t8-,10-/m0/s1. The average Bonchev–Trinajstić information content (AvgIpc) is 2.74. The maximum atomic E-state index is 11.4. The van der Waals surface area contributed by atoms with Crippen LogP contribution in [0.1, 0.15) is 25.7 Å². The first-order valence-electron chi connectivity index (χ1n) is 5.25. The fraction of sp³-hybridized carbons (Fsp3) is 0.900. The van der Waals surface area contributed by atoms with E-state index in [-0.39, 0.29) is 11.8 Å². The van der Waals surface area contributed by atoms with Crippen LogP contribution in [-0.4, -0.2) is 35.8 Å². The van der Waals surface area contributed by atoms with E-state index < -0.39 is 0 Å².